The third-order valence-corrected chi connectivity index (χ3v) is 6.19. The summed E-state index contributed by atoms with van der Waals surface area (Å²) < 4.78 is 6.13. The highest BCUT2D eigenvalue weighted by Crippen LogP contribution is 2.30. The number of nitrogens with two attached hydrogens (primary N) is 1. The second-order valence-corrected chi connectivity index (χ2v) is 8.34. The van der Waals surface area contributed by atoms with Gasteiger partial charge in [0.25, 0.3) is 5.91 Å². The van der Waals surface area contributed by atoms with E-state index < -0.39 is 5.91 Å². The number of anilines is 2. The van der Waals surface area contributed by atoms with Crippen molar-refractivity contribution in [3.05, 3.63) is 89.2 Å². The second kappa shape index (κ2) is 8.95. The average molecular weight is 480 g/mol. The first-order valence-electron chi connectivity index (χ1n) is 11.4. The summed E-state index contributed by atoms with van der Waals surface area (Å²) in [6.07, 6.45) is 2.52. The summed E-state index contributed by atoms with van der Waals surface area (Å²) in [7, 11) is 0. The SMILES string of the molecule is Nc1nonc1-n1nnc(C(=O)NN=Cc2cccc3ccccc23)c1CN1CCc2ccccc21. The van der Waals surface area contributed by atoms with Crippen LogP contribution >= 0.6 is 0 Å². The summed E-state index contributed by atoms with van der Waals surface area (Å²) in [6, 6.07) is 22.0. The first kappa shape index (κ1) is 21.5. The molecule has 11 heteroatoms. The number of carbonyl (C=O) groups is 1. The number of nitrogen functional groups attached to an aromatic ring is 1. The zero-order chi connectivity index (χ0) is 24.5. The van der Waals surface area contributed by atoms with E-state index in [1.165, 1.54) is 10.2 Å². The highest BCUT2D eigenvalue weighted by Gasteiger charge is 2.28. The monoisotopic (exact) mass is 479 g/mol. The van der Waals surface area contributed by atoms with Crippen molar-refractivity contribution < 1.29 is 9.42 Å². The normalized spacial score (nSPS) is 12.9. The van der Waals surface area contributed by atoms with Crippen LogP contribution in [0.25, 0.3) is 16.6 Å². The molecule has 0 spiro atoms. The van der Waals surface area contributed by atoms with Crippen molar-refractivity contribution in [2.45, 2.75) is 13.0 Å². The fourth-order valence-electron chi connectivity index (χ4n) is 4.46. The van der Waals surface area contributed by atoms with Crippen LogP contribution in [0.4, 0.5) is 11.5 Å². The smallest absolute Gasteiger partial charge is 0.293 e. The lowest BCUT2D eigenvalue weighted by atomic mass is 10.1. The summed E-state index contributed by atoms with van der Waals surface area (Å²) in [4.78, 5) is 15.3. The Morgan fingerprint density at radius 3 is 2.81 bits per heavy atom. The predicted molar refractivity (Wildman–Crippen MR) is 134 cm³/mol. The van der Waals surface area contributed by atoms with Crippen LogP contribution in [0.3, 0.4) is 0 Å². The number of amides is 1. The Morgan fingerprint density at radius 1 is 1.08 bits per heavy atom. The van der Waals surface area contributed by atoms with Gasteiger partial charge in [0.1, 0.15) is 0 Å². The molecule has 3 N–H and O–H groups in total. The van der Waals surface area contributed by atoms with Gasteiger partial charge in [0.2, 0.25) is 11.6 Å². The molecule has 1 aliphatic rings. The molecule has 0 unspecified atom stereocenters. The first-order chi connectivity index (χ1) is 17.7. The number of nitrogens with one attached hydrogen (secondary N) is 1. The largest absolute Gasteiger partial charge is 0.378 e. The molecule has 0 bridgehead atoms. The number of hydrogen-bond donors (Lipinski definition) is 2. The van der Waals surface area contributed by atoms with E-state index in [2.05, 4.69) is 48.2 Å². The molecule has 0 saturated heterocycles. The van der Waals surface area contributed by atoms with Gasteiger partial charge in [0, 0.05) is 17.8 Å². The van der Waals surface area contributed by atoms with Crippen LogP contribution in [0.15, 0.2) is 76.5 Å². The molecule has 11 nitrogen and oxygen atoms in total. The van der Waals surface area contributed by atoms with Gasteiger partial charge in [-0.1, -0.05) is 65.9 Å². The van der Waals surface area contributed by atoms with Crippen LogP contribution in [-0.4, -0.2) is 44.0 Å². The molecule has 0 fully saturated rings. The first-order valence-corrected chi connectivity index (χ1v) is 11.4. The molecule has 178 valence electrons. The van der Waals surface area contributed by atoms with Crippen molar-refractivity contribution in [3.8, 4) is 5.82 Å². The van der Waals surface area contributed by atoms with E-state index in [4.69, 9.17) is 10.4 Å². The molecule has 5 aromatic rings. The summed E-state index contributed by atoms with van der Waals surface area (Å²) in [5.74, 6) is -0.289. The molecule has 3 heterocycles. The molecular weight excluding hydrogens is 458 g/mol. The molecule has 0 radical (unpaired) electrons. The van der Waals surface area contributed by atoms with Crippen LogP contribution in [0.5, 0.6) is 0 Å². The number of rotatable bonds is 6. The minimum atomic E-state index is -0.504. The predicted octanol–water partition coefficient (Wildman–Crippen LogP) is 2.71. The van der Waals surface area contributed by atoms with Crippen LogP contribution in [0, 0.1) is 0 Å². The molecule has 2 aromatic heterocycles. The average Bonchev–Trinajstić information content (AvgIpc) is 3.63. The lowest BCUT2D eigenvalue weighted by Crippen LogP contribution is -2.26. The number of benzene rings is 3. The Kier molecular flexibility index (Phi) is 5.34. The molecule has 6 rings (SSSR count). The molecule has 1 aliphatic heterocycles. The van der Waals surface area contributed by atoms with E-state index in [1.807, 2.05) is 54.6 Å². The van der Waals surface area contributed by atoms with E-state index in [1.54, 1.807) is 6.21 Å². The Balaban J connectivity index is 1.30. The maximum Gasteiger partial charge on any atom is 0.293 e. The maximum absolute atomic E-state index is 13.2. The fraction of sp³-hybridized carbons (Fsp3) is 0.120. The third-order valence-electron chi connectivity index (χ3n) is 6.19. The second-order valence-electron chi connectivity index (χ2n) is 8.34. The minimum Gasteiger partial charge on any atom is -0.378 e. The van der Waals surface area contributed by atoms with E-state index >= 15 is 0 Å². The fourth-order valence-corrected chi connectivity index (χ4v) is 4.46. The van der Waals surface area contributed by atoms with Crippen LogP contribution in [0.1, 0.15) is 27.3 Å². The van der Waals surface area contributed by atoms with Crippen LogP contribution in [-0.2, 0) is 13.0 Å². The highest BCUT2D eigenvalue weighted by molar-refractivity contribution is 6.00. The van der Waals surface area contributed by atoms with Gasteiger partial charge < -0.3 is 10.6 Å². The van der Waals surface area contributed by atoms with E-state index in [-0.39, 0.29) is 17.3 Å². The number of aromatic nitrogens is 5. The van der Waals surface area contributed by atoms with Crippen LogP contribution < -0.4 is 16.1 Å². The summed E-state index contributed by atoms with van der Waals surface area (Å²) >= 11 is 0. The highest BCUT2D eigenvalue weighted by atomic mass is 16.6. The molecule has 36 heavy (non-hydrogen) atoms. The Hall–Kier alpha value is -5.06. The molecule has 1 amide bonds. The number of carbonyl (C=O) groups excluding carboxylic acids is 1. The molecule has 0 atom stereocenters. The number of hydrazone groups is 1. The topological polar surface area (TPSA) is 140 Å². The lowest BCUT2D eigenvalue weighted by Gasteiger charge is -2.19. The summed E-state index contributed by atoms with van der Waals surface area (Å²) in [5.41, 5.74) is 12.3. The van der Waals surface area contributed by atoms with Crippen molar-refractivity contribution >= 4 is 34.4 Å². The summed E-state index contributed by atoms with van der Waals surface area (Å²) in [5, 5.41) is 22.0. The number of hydrogen-bond acceptors (Lipinski definition) is 9. The molecular formula is C25H21N9O2. The number of para-hydroxylation sites is 1. The number of fused-ring (bicyclic) bond motifs is 2. The van der Waals surface area contributed by atoms with E-state index in [0.717, 1.165) is 35.0 Å². The van der Waals surface area contributed by atoms with Crippen molar-refractivity contribution in [2.75, 3.05) is 17.2 Å². The summed E-state index contributed by atoms with van der Waals surface area (Å²) in [6.45, 7) is 1.14. The quantitative estimate of drug-likeness (QED) is 0.280. The van der Waals surface area contributed by atoms with Gasteiger partial charge in [-0.2, -0.15) is 9.78 Å². The van der Waals surface area contributed by atoms with Crippen molar-refractivity contribution in [2.24, 2.45) is 5.10 Å². The van der Waals surface area contributed by atoms with Gasteiger partial charge in [0.15, 0.2) is 5.69 Å². The van der Waals surface area contributed by atoms with E-state index in [9.17, 15) is 4.79 Å². The van der Waals surface area contributed by atoms with E-state index in [0.29, 0.717) is 12.2 Å². The van der Waals surface area contributed by atoms with Gasteiger partial charge in [-0.25, -0.2) is 10.1 Å². The Bertz CT molecular complexity index is 1600. The van der Waals surface area contributed by atoms with Gasteiger partial charge in [-0.3, -0.25) is 4.79 Å². The maximum atomic E-state index is 13.2. The van der Waals surface area contributed by atoms with Gasteiger partial charge >= 0.3 is 0 Å². The standard InChI is InChI=1S/C25H21N9O2/c26-23-24(31-36-30-23)34-21(15-33-13-12-17-7-2-4-11-20(17)33)22(28-32-34)25(35)29-27-14-18-9-5-8-16-6-1-3-10-19(16)18/h1-11,14H,12-13,15H2,(H2,26,30)(H,29,35). The lowest BCUT2D eigenvalue weighted by molar-refractivity contribution is 0.0949. The number of nitrogens with zero attached hydrogens (tertiary/aromatic N) is 7. The molecule has 3 aromatic carbocycles. The Morgan fingerprint density at radius 2 is 1.92 bits per heavy atom. The molecule has 0 aliphatic carbocycles. The van der Waals surface area contributed by atoms with Crippen molar-refractivity contribution in [1.82, 2.24) is 30.7 Å². The van der Waals surface area contributed by atoms with Crippen LogP contribution in [0.2, 0.25) is 0 Å². The van der Waals surface area contributed by atoms with Crippen molar-refractivity contribution in [3.63, 3.8) is 0 Å². The molecule has 0 saturated carbocycles. The van der Waals surface area contributed by atoms with Gasteiger partial charge in [-0.15, -0.1) is 5.10 Å². The third kappa shape index (κ3) is 3.82. The minimum absolute atomic E-state index is 0.0453. The zero-order valence-corrected chi connectivity index (χ0v) is 19.1. The van der Waals surface area contributed by atoms with Gasteiger partial charge in [-0.05, 0) is 39.1 Å². The Labute approximate surface area is 205 Å². The zero-order valence-electron chi connectivity index (χ0n) is 19.1. The van der Waals surface area contributed by atoms with Gasteiger partial charge in [0.05, 0.1) is 18.5 Å². The van der Waals surface area contributed by atoms with Crippen molar-refractivity contribution in [1.29, 1.82) is 0 Å².